The van der Waals surface area contributed by atoms with Crippen LogP contribution in [0.25, 0.3) is 0 Å². The van der Waals surface area contributed by atoms with E-state index in [1.807, 2.05) is 0 Å². The molecule has 5 heteroatoms. The molecule has 1 aromatic heterocycles. The summed E-state index contributed by atoms with van der Waals surface area (Å²) in [6.45, 7) is 8.87. The van der Waals surface area contributed by atoms with Crippen molar-refractivity contribution in [3.63, 3.8) is 0 Å². The molecule has 0 amide bonds. The Hall–Kier alpha value is -0.520. The third-order valence-electron chi connectivity index (χ3n) is 4.63. The first kappa shape index (κ1) is 15.9. The highest BCUT2D eigenvalue weighted by Crippen LogP contribution is 2.41. The summed E-state index contributed by atoms with van der Waals surface area (Å²) in [4.78, 5) is 1.24. The number of nitrogens with zero attached hydrogens (tertiary/aromatic N) is 2. The first-order chi connectivity index (χ1) is 9.47. The Labute approximate surface area is 126 Å². The molecule has 1 heterocycles. The van der Waals surface area contributed by atoms with Crippen LogP contribution in [-0.2, 0) is 5.41 Å². The van der Waals surface area contributed by atoms with E-state index in [1.165, 1.54) is 48.5 Å². The fourth-order valence-electron chi connectivity index (χ4n) is 3.28. The summed E-state index contributed by atoms with van der Waals surface area (Å²) >= 11 is 1.51. The standard InChI is InChI=1S/C15H28N4S/c1-5-10-6-8-11(9-7-10)12(17-16)13-14(15(2,3)4)18-19-20-13/h10-12,17H,5-9,16H2,1-4H3. The van der Waals surface area contributed by atoms with Gasteiger partial charge in [-0.25, -0.2) is 0 Å². The highest BCUT2D eigenvalue weighted by molar-refractivity contribution is 7.05. The van der Waals surface area contributed by atoms with E-state index in [4.69, 9.17) is 5.84 Å². The molecule has 1 unspecified atom stereocenters. The second kappa shape index (κ2) is 6.50. The maximum atomic E-state index is 5.88. The molecule has 0 saturated heterocycles. The molecule has 1 atom stereocenters. The quantitative estimate of drug-likeness (QED) is 0.659. The third kappa shape index (κ3) is 3.38. The molecule has 1 aliphatic rings. The van der Waals surface area contributed by atoms with E-state index in [1.54, 1.807) is 0 Å². The minimum atomic E-state index is 0.0258. The monoisotopic (exact) mass is 296 g/mol. The molecule has 0 aliphatic heterocycles. The first-order valence-corrected chi connectivity index (χ1v) is 8.53. The second-order valence-electron chi connectivity index (χ2n) is 7.07. The minimum absolute atomic E-state index is 0.0258. The summed E-state index contributed by atoms with van der Waals surface area (Å²) in [5, 5.41) is 4.36. The molecular formula is C15H28N4S. The molecule has 0 spiro atoms. The van der Waals surface area contributed by atoms with Gasteiger partial charge in [0, 0.05) is 5.41 Å². The topological polar surface area (TPSA) is 63.8 Å². The van der Waals surface area contributed by atoms with E-state index in [9.17, 15) is 0 Å². The highest BCUT2D eigenvalue weighted by atomic mass is 32.1. The maximum absolute atomic E-state index is 5.88. The summed E-state index contributed by atoms with van der Waals surface area (Å²) in [6, 6.07) is 0.210. The molecule has 114 valence electrons. The van der Waals surface area contributed by atoms with Gasteiger partial charge in [-0.2, -0.15) is 0 Å². The maximum Gasteiger partial charge on any atom is 0.0857 e. The normalized spacial score (nSPS) is 25.6. The van der Waals surface area contributed by atoms with Crippen LogP contribution in [0.15, 0.2) is 0 Å². The van der Waals surface area contributed by atoms with E-state index >= 15 is 0 Å². The van der Waals surface area contributed by atoms with Crippen molar-refractivity contribution in [2.75, 3.05) is 0 Å². The minimum Gasteiger partial charge on any atom is -0.271 e. The van der Waals surface area contributed by atoms with Crippen molar-refractivity contribution < 1.29 is 0 Å². The van der Waals surface area contributed by atoms with Crippen molar-refractivity contribution >= 4 is 11.5 Å². The van der Waals surface area contributed by atoms with Crippen molar-refractivity contribution in [1.82, 2.24) is 15.0 Å². The van der Waals surface area contributed by atoms with E-state index in [2.05, 4.69) is 42.7 Å². The van der Waals surface area contributed by atoms with Crippen molar-refractivity contribution in [3.8, 4) is 0 Å². The predicted octanol–water partition coefficient (Wildman–Crippen LogP) is 3.56. The van der Waals surface area contributed by atoms with Gasteiger partial charge >= 0.3 is 0 Å². The van der Waals surface area contributed by atoms with Gasteiger partial charge in [0.05, 0.1) is 16.6 Å². The lowest BCUT2D eigenvalue weighted by atomic mass is 9.76. The van der Waals surface area contributed by atoms with Crippen LogP contribution in [0.1, 0.15) is 76.4 Å². The van der Waals surface area contributed by atoms with Crippen LogP contribution in [0.2, 0.25) is 0 Å². The Morgan fingerprint density at radius 2 is 1.95 bits per heavy atom. The second-order valence-corrected chi connectivity index (χ2v) is 7.85. The van der Waals surface area contributed by atoms with Gasteiger partial charge < -0.3 is 0 Å². The fraction of sp³-hybridized carbons (Fsp3) is 0.867. The molecule has 4 nitrogen and oxygen atoms in total. The van der Waals surface area contributed by atoms with Crippen LogP contribution in [-0.4, -0.2) is 9.59 Å². The number of nitrogens with one attached hydrogen (secondary N) is 1. The number of aromatic nitrogens is 2. The van der Waals surface area contributed by atoms with E-state index in [0.29, 0.717) is 5.92 Å². The molecular weight excluding hydrogens is 268 g/mol. The van der Waals surface area contributed by atoms with Gasteiger partial charge in [0.25, 0.3) is 0 Å². The summed E-state index contributed by atoms with van der Waals surface area (Å²) in [7, 11) is 0. The Kier molecular flexibility index (Phi) is 5.15. The van der Waals surface area contributed by atoms with Gasteiger partial charge in [-0.3, -0.25) is 11.3 Å². The Balaban J connectivity index is 2.15. The Morgan fingerprint density at radius 3 is 2.45 bits per heavy atom. The average molecular weight is 296 g/mol. The van der Waals surface area contributed by atoms with Crippen molar-refractivity contribution in [2.45, 2.75) is 71.3 Å². The van der Waals surface area contributed by atoms with Gasteiger partial charge in [-0.1, -0.05) is 51.4 Å². The number of hydrazine groups is 1. The molecule has 1 aromatic rings. The number of rotatable bonds is 4. The first-order valence-electron chi connectivity index (χ1n) is 7.76. The molecule has 0 aromatic carbocycles. The highest BCUT2D eigenvalue weighted by Gasteiger charge is 2.33. The molecule has 3 N–H and O–H groups in total. The zero-order valence-corrected chi connectivity index (χ0v) is 14.0. The molecule has 1 aliphatic carbocycles. The lowest BCUT2D eigenvalue weighted by Gasteiger charge is -2.33. The molecule has 1 fully saturated rings. The Bertz CT molecular complexity index is 416. The van der Waals surface area contributed by atoms with E-state index in [0.717, 1.165) is 11.6 Å². The zero-order valence-electron chi connectivity index (χ0n) is 13.1. The lowest BCUT2D eigenvalue weighted by Crippen LogP contribution is -2.36. The van der Waals surface area contributed by atoms with Gasteiger partial charge in [0.1, 0.15) is 0 Å². The molecule has 20 heavy (non-hydrogen) atoms. The van der Waals surface area contributed by atoms with Crippen LogP contribution >= 0.6 is 11.5 Å². The molecule has 0 bridgehead atoms. The van der Waals surface area contributed by atoms with E-state index < -0.39 is 0 Å². The van der Waals surface area contributed by atoms with Crippen LogP contribution in [0.5, 0.6) is 0 Å². The summed E-state index contributed by atoms with van der Waals surface area (Å²) in [5.74, 6) is 7.40. The smallest absolute Gasteiger partial charge is 0.0857 e. The van der Waals surface area contributed by atoms with Crippen LogP contribution in [0.3, 0.4) is 0 Å². The Morgan fingerprint density at radius 1 is 1.30 bits per heavy atom. The summed E-state index contributed by atoms with van der Waals surface area (Å²) < 4.78 is 4.18. The van der Waals surface area contributed by atoms with E-state index in [-0.39, 0.29) is 11.5 Å². The lowest BCUT2D eigenvalue weighted by molar-refractivity contribution is 0.220. The van der Waals surface area contributed by atoms with Gasteiger partial charge in [-0.05, 0) is 36.2 Å². The largest absolute Gasteiger partial charge is 0.271 e. The molecule has 0 radical (unpaired) electrons. The number of nitrogens with two attached hydrogens (primary N) is 1. The SMILES string of the molecule is CCC1CCC(C(NN)c2snnc2C(C)(C)C)CC1. The van der Waals surface area contributed by atoms with Gasteiger partial charge in [-0.15, -0.1) is 5.10 Å². The summed E-state index contributed by atoms with van der Waals surface area (Å²) in [5.41, 5.74) is 4.18. The van der Waals surface area contributed by atoms with Crippen LogP contribution in [0.4, 0.5) is 0 Å². The fourth-order valence-corrected chi connectivity index (χ4v) is 4.30. The van der Waals surface area contributed by atoms with Crippen molar-refractivity contribution in [2.24, 2.45) is 17.7 Å². The molecule has 2 rings (SSSR count). The number of hydrogen-bond acceptors (Lipinski definition) is 5. The van der Waals surface area contributed by atoms with Gasteiger partial charge in [0.15, 0.2) is 0 Å². The molecule has 1 saturated carbocycles. The third-order valence-corrected chi connectivity index (χ3v) is 5.43. The van der Waals surface area contributed by atoms with Gasteiger partial charge in [0.2, 0.25) is 0 Å². The van der Waals surface area contributed by atoms with Crippen molar-refractivity contribution in [1.29, 1.82) is 0 Å². The average Bonchev–Trinajstić information content (AvgIpc) is 2.90. The summed E-state index contributed by atoms with van der Waals surface area (Å²) in [6.07, 6.45) is 6.49. The van der Waals surface area contributed by atoms with Crippen LogP contribution in [0, 0.1) is 11.8 Å². The van der Waals surface area contributed by atoms with Crippen LogP contribution < -0.4 is 11.3 Å². The van der Waals surface area contributed by atoms with Crippen molar-refractivity contribution in [3.05, 3.63) is 10.6 Å². The number of hydrogen-bond donors (Lipinski definition) is 2. The zero-order chi connectivity index (χ0) is 14.8. The predicted molar refractivity (Wildman–Crippen MR) is 84.4 cm³/mol.